The molecule has 1 heterocycles. The van der Waals surface area contributed by atoms with E-state index in [1.54, 1.807) is 0 Å². The van der Waals surface area contributed by atoms with Gasteiger partial charge in [-0.05, 0) is 49.2 Å². The minimum Gasteiger partial charge on any atom is -0.478 e. The summed E-state index contributed by atoms with van der Waals surface area (Å²) in [5.74, 6) is -2.40. The number of hydrogen-bond acceptors (Lipinski definition) is 7. The molecule has 33 heavy (non-hydrogen) atoms. The summed E-state index contributed by atoms with van der Waals surface area (Å²) in [7, 11) is -3.80. The van der Waals surface area contributed by atoms with Gasteiger partial charge < -0.3 is 14.9 Å². The van der Waals surface area contributed by atoms with E-state index < -0.39 is 21.9 Å². The van der Waals surface area contributed by atoms with Crippen molar-refractivity contribution in [2.24, 2.45) is 0 Å². The second kappa shape index (κ2) is 9.81. The number of carbonyl (C=O) groups excluding carboxylic acids is 1. The maximum atomic E-state index is 13.1. The van der Waals surface area contributed by atoms with E-state index in [-0.39, 0.29) is 38.4 Å². The monoisotopic (exact) mass is 470 g/mol. The molecule has 0 bridgehead atoms. The number of fused-ring (bicyclic) bond motifs is 1. The Morgan fingerprint density at radius 2 is 1.85 bits per heavy atom. The Hall–Kier alpha value is -3.75. The molecule has 0 aliphatic rings. The van der Waals surface area contributed by atoms with E-state index >= 15 is 0 Å². The van der Waals surface area contributed by atoms with Gasteiger partial charge >= 0.3 is 5.97 Å². The Kier molecular flexibility index (Phi) is 7.10. The molecule has 3 rings (SSSR count). The first-order chi connectivity index (χ1) is 15.7. The molecule has 0 spiro atoms. The lowest BCUT2D eigenvalue weighted by molar-refractivity contribution is 0.0698. The average Bonchev–Trinajstić information content (AvgIpc) is 3.22. The maximum Gasteiger partial charge on any atom is 0.337 e. The largest absolute Gasteiger partial charge is 0.478 e. The number of carboxylic acid groups (broad SMARTS) is 1. The number of sulfonamides is 1. The molecule has 172 valence electrons. The number of rotatable bonds is 9. The Morgan fingerprint density at radius 1 is 1.15 bits per heavy atom. The van der Waals surface area contributed by atoms with Gasteiger partial charge in [-0.3, -0.25) is 4.79 Å². The van der Waals surface area contributed by atoms with Gasteiger partial charge in [-0.15, -0.1) is 0 Å². The van der Waals surface area contributed by atoms with Crippen LogP contribution < -0.4 is 5.32 Å². The Labute approximate surface area is 190 Å². The highest BCUT2D eigenvalue weighted by Gasteiger charge is 2.26. The first kappa shape index (κ1) is 23.9. The zero-order valence-electron chi connectivity index (χ0n) is 18.0. The number of nitrogens with zero attached hydrogens (tertiary/aromatic N) is 3. The van der Waals surface area contributed by atoms with Crippen molar-refractivity contribution in [3.8, 4) is 6.07 Å². The minimum atomic E-state index is -3.80. The third kappa shape index (κ3) is 4.87. The number of carboxylic acids is 1. The zero-order chi connectivity index (χ0) is 24.2. The van der Waals surface area contributed by atoms with E-state index in [9.17, 15) is 23.1 Å². The van der Waals surface area contributed by atoms with E-state index in [1.165, 1.54) is 34.6 Å². The summed E-state index contributed by atoms with van der Waals surface area (Å²) in [5, 5.41) is 24.8. The predicted octanol–water partition coefficient (Wildman–Crippen LogP) is 3.46. The van der Waals surface area contributed by atoms with Crippen LogP contribution in [-0.4, -0.2) is 48.0 Å². The number of nitrogens with one attached hydrogen (secondary N) is 1. The van der Waals surface area contributed by atoms with Crippen molar-refractivity contribution in [1.82, 2.24) is 9.46 Å². The number of hydrogen-bond donors (Lipinski definition) is 2. The number of aromatic carboxylic acids is 1. The quantitative estimate of drug-likeness (QED) is 0.482. The SMILES string of the molecule is CCCN(CCC)S(=O)(=O)c1ccc2noc(C(=O)Nc3ccc(C#N)cc3C(=O)O)c2c1. The van der Waals surface area contributed by atoms with Gasteiger partial charge in [0.15, 0.2) is 0 Å². The van der Waals surface area contributed by atoms with Gasteiger partial charge in [0.05, 0.1) is 33.2 Å². The number of anilines is 1. The lowest BCUT2D eigenvalue weighted by atomic mass is 10.1. The normalized spacial score (nSPS) is 11.5. The van der Waals surface area contributed by atoms with Gasteiger partial charge in [-0.1, -0.05) is 19.0 Å². The standard InChI is InChI=1S/C22H22N4O6S/c1-3-9-26(10-4-2)33(30,31)15-6-8-19-16(12-15)20(32-25-19)21(27)24-18-7-5-14(13-23)11-17(18)22(28)29/h5-8,11-12H,3-4,9-10H2,1-2H3,(H,24,27)(H,28,29). The second-order valence-electron chi connectivity index (χ2n) is 7.23. The molecule has 2 aromatic carbocycles. The van der Waals surface area contributed by atoms with E-state index in [4.69, 9.17) is 9.78 Å². The van der Waals surface area contributed by atoms with Crippen LogP contribution in [0.5, 0.6) is 0 Å². The van der Waals surface area contributed by atoms with E-state index in [0.717, 1.165) is 6.07 Å². The van der Waals surface area contributed by atoms with Crippen LogP contribution in [0.25, 0.3) is 10.9 Å². The van der Waals surface area contributed by atoms with Crippen molar-refractivity contribution >= 4 is 38.5 Å². The first-order valence-electron chi connectivity index (χ1n) is 10.2. The van der Waals surface area contributed by atoms with Crippen LogP contribution in [0.2, 0.25) is 0 Å². The Bertz CT molecular complexity index is 1350. The molecule has 10 nitrogen and oxygen atoms in total. The van der Waals surface area contributed by atoms with Gasteiger partial charge in [-0.2, -0.15) is 9.57 Å². The van der Waals surface area contributed by atoms with Crippen molar-refractivity contribution in [1.29, 1.82) is 5.26 Å². The lowest BCUT2D eigenvalue weighted by Gasteiger charge is -2.21. The molecule has 11 heteroatoms. The number of benzene rings is 2. The Balaban J connectivity index is 2.00. The van der Waals surface area contributed by atoms with Gasteiger partial charge in [0.2, 0.25) is 15.8 Å². The second-order valence-corrected chi connectivity index (χ2v) is 9.16. The molecular weight excluding hydrogens is 448 g/mol. The first-order valence-corrected chi connectivity index (χ1v) is 11.6. The molecule has 0 saturated heterocycles. The van der Waals surface area contributed by atoms with E-state index in [0.29, 0.717) is 25.9 Å². The summed E-state index contributed by atoms with van der Waals surface area (Å²) < 4.78 is 32.8. The topological polar surface area (TPSA) is 154 Å². The molecule has 0 atom stereocenters. The molecule has 1 amide bonds. The van der Waals surface area contributed by atoms with E-state index in [1.807, 2.05) is 19.9 Å². The van der Waals surface area contributed by atoms with Crippen molar-refractivity contribution in [3.63, 3.8) is 0 Å². The molecule has 1 aromatic heterocycles. The van der Waals surface area contributed by atoms with Crippen LogP contribution in [0.3, 0.4) is 0 Å². The Morgan fingerprint density at radius 3 is 2.45 bits per heavy atom. The van der Waals surface area contributed by atoms with Crippen molar-refractivity contribution in [2.75, 3.05) is 18.4 Å². The van der Waals surface area contributed by atoms with Gasteiger partial charge in [0.1, 0.15) is 5.52 Å². The minimum absolute atomic E-state index is 0.00116. The van der Waals surface area contributed by atoms with Crippen molar-refractivity contribution in [3.05, 3.63) is 53.3 Å². The van der Waals surface area contributed by atoms with Crippen molar-refractivity contribution in [2.45, 2.75) is 31.6 Å². The maximum absolute atomic E-state index is 13.1. The average molecular weight is 471 g/mol. The van der Waals surface area contributed by atoms with Crippen LogP contribution in [-0.2, 0) is 10.0 Å². The fourth-order valence-corrected chi connectivity index (χ4v) is 4.97. The summed E-state index contributed by atoms with van der Waals surface area (Å²) in [6.07, 6.45) is 1.30. The smallest absolute Gasteiger partial charge is 0.337 e. The van der Waals surface area contributed by atoms with Crippen LogP contribution in [0.15, 0.2) is 45.8 Å². The molecule has 0 radical (unpaired) electrons. The molecule has 3 aromatic rings. The molecule has 0 unspecified atom stereocenters. The molecule has 0 fully saturated rings. The van der Waals surface area contributed by atoms with Crippen LogP contribution >= 0.6 is 0 Å². The molecule has 0 aliphatic heterocycles. The van der Waals surface area contributed by atoms with Gasteiger partial charge in [-0.25, -0.2) is 13.2 Å². The van der Waals surface area contributed by atoms with Crippen LogP contribution in [0, 0.1) is 11.3 Å². The van der Waals surface area contributed by atoms with Crippen LogP contribution in [0.4, 0.5) is 5.69 Å². The molecule has 0 aliphatic carbocycles. The highest BCUT2D eigenvalue weighted by molar-refractivity contribution is 7.89. The summed E-state index contributed by atoms with van der Waals surface area (Å²) in [6.45, 7) is 4.50. The zero-order valence-corrected chi connectivity index (χ0v) is 18.8. The number of aromatic nitrogens is 1. The fourth-order valence-electron chi connectivity index (χ4n) is 3.32. The van der Waals surface area contributed by atoms with Gasteiger partial charge in [0, 0.05) is 13.1 Å². The third-order valence-electron chi connectivity index (χ3n) is 4.87. The fraction of sp³-hybridized carbons (Fsp3) is 0.273. The molecular formula is C22H22N4O6S. The molecule has 0 saturated carbocycles. The van der Waals surface area contributed by atoms with Crippen LogP contribution in [0.1, 0.15) is 53.2 Å². The molecule has 2 N–H and O–H groups in total. The number of amides is 1. The summed E-state index contributed by atoms with van der Waals surface area (Å²) >= 11 is 0. The van der Waals surface area contributed by atoms with Crippen molar-refractivity contribution < 1.29 is 27.6 Å². The lowest BCUT2D eigenvalue weighted by Crippen LogP contribution is -2.32. The third-order valence-corrected chi connectivity index (χ3v) is 6.76. The summed E-state index contributed by atoms with van der Waals surface area (Å²) in [6, 6.07) is 9.81. The summed E-state index contributed by atoms with van der Waals surface area (Å²) in [5.41, 5.74) is 0.0742. The predicted molar refractivity (Wildman–Crippen MR) is 119 cm³/mol. The highest BCUT2D eigenvalue weighted by Crippen LogP contribution is 2.26. The summed E-state index contributed by atoms with van der Waals surface area (Å²) in [4.78, 5) is 24.4. The van der Waals surface area contributed by atoms with E-state index in [2.05, 4.69) is 10.5 Å². The number of carbonyl (C=O) groups is 2. The number of nitriles is 1. The highest BCUT2D eigenvalue weighted by atomic mass is 32.2. The van der Waals surface area contributed by atoms with Gasteiger partial charge in [0.25, 0.3) is 5.91 Å².